The summed E-state index contributed by atoms with van der Waals surface area (Å²) in [5.74, 6) is -1.81. The number of pyridine rings is 1. The molecular formula is C23H21N3O4S. The number of hydrogen-bond acceptors (Lipinski definition) is 5. The highest BCUT2D eigenvalue weighted by atomic mass is 32.2. The maximum Gasteiger partial charge on any atom is 0.331 e. The van der Waals surface area contributed by atoms with Crippen LogP contribution in [0.25, 0.3) is 10.9 Å². The molecule has 3 N–H and O–H groups in total. The van der Waals surface area contributed by atoms with Crippen LogP contribution in [0.1, 0.15) is 13.8 Å². The number of benzene rings is 2. The molecule has 158 valence electrons. The third kappa shape index (κ3) is 6.16. The molecule has 0 aliphatic carbocycles. The Balaban J connectivity index is 1.57. The number of carboxylic acids is 1. The molecule has 0 fully saturated rings. The summed E-state index contributed by atoms with van der Waals surface area (Å²) in [4.78, 5) is 40.3. The van der Waals surface area contributed by atoms with Gasteiger partial charge in [-0.15, -0.1) is 11.8 Å². The van der Waals surface area contributed by atoms with E-state index in [0.717, 1.165) is 21.9 Å². The number of aliphatic carboxylic acids is 1. The quantitative estimate of drug-likeness (QED) is 0.377. The molecule has 0 bridgehead atoms. The predicted molar refractivity (Wildman–Crippen MR) is 122 cm³/mol. The molecule has 0 saturated carbocycles. The summed E-state index contributed by atoms with van der Waals surface area (Å²) >= 11 is 1.38. The van der Waals surface area contributed by atoms with E-state index >= 15 is 0 Å². The number of carboxylic acid groups (broad SMARTS) is 1. The standard InChI is InChI=1S/C23H21N3O4S/c1-14(23(29)30)11-21(27)25-17-7-9-19(10-8-17)31-15(2)22(28)26-18-12-16-5-3-4-6-20(16)24-13-18/h3-13,15H,1-2H3,(H,25,27)(H,26,28)(H,29,30). The summed E-state index contributed by atoms with van der Waals surface area (Å²) in [6, 6.07) is 16.5. The second-order valence-corrected chi connectivity index (χ2v) is 8.23. The lowest BCUT2D eigenvalue weighted by Gasteiger charge is -2.13. The lowest BCUT2D eigenvalue weighted by molar-refractivity contribution is -0.132. The molecule has 0 aliphatic rings. The SMILES string of the molecule is CC(=CC(=O)Nc1ccc(SC(C)C(=O)Nc2cnc3ccccc3c2)cc1)C(=O)O. The van der Waals surface area contributed by atoms with E-state index in [4.69, 9.17) is 5.11 Å². The van der Waals surface area contributed by atoms with E-state index in [1.54, 1.807) is 30.5 Å². The number of nitrogens with zero attached hydrogens (tertiary/aromatic N) is 1. The maximum absolute atomic E-state index is 12.6. The van der Waals surface area contributed by atoms with Crippen molar-refractivity contribution in [1.82, 2.24) is 4.98 Å². The van der Waals surface area contributed by atoms with Crippen molar-refractivity contribution in [2.45, 2.75) is 24.0 Å². The van der Waals surface area contributed by atoms with E-state index in [1.807, 2.05) is 37.3 Å². The van der Waals surface area contributed by atoms with Crippen molar-refractivity contribution >= 4 is 51.8 Å². The monoisotopic (exact) mass is 435 g/mol. The molecule has 8 heteroatoms. The minimum Gasteiger partial charge on any atom is -0.478 e. The zero-order chi connectivity index (χ0) is 22.4. The minimum absolute atomic E-state index is 0.0499. The Bertz CT molecular complexity index is 1160. The van der Waals surface area contributed by atoms with Crippen LogP contribution < -0.4 is 10.6 Å². The highest BCUT2D eigenvalue weighted by molar-refractivity contribution is 8.00. The smallest absolute Gasteiger partial charge is 0.331 e. The third-order valence-corrected chi connectivity index (χ3v) is 5.46. The van der Waals surface area contributed by atoms with Crippen LogP contribution >= 0.6 is 11.8 Å². The third-order valence-electron chi connectivity index (χ3n) is 4.35. The van der Waals surface area contributed by atoms with Crippen molar-refractivity contribution in [3.63, 3.8) is 0 Å². The fraction of sp³-hybridized carbons (Fsp3) is 0.130. The number of carbonyl (C=O) groups is 3. The van der Waals surface area contributed by atoms with Crippen LogP contribution in [0, 0.1) is 0 Å². The van der Waals surface area contributed by atoms with Gasteiger partial charge in [0.15, 0.2) is 0 Å². The number of anilines is 2. The first-order valence-corrected chi connectivity index (χ1v) is 10.3. The molecule has 1 atom stereocenters. The number of hydrogen-bond donors (Lipinski definition) is 3. The van der Waals surface area contributed by atoms with Gasteiger partial charge in [0.1, 0.15) is 0 Å². The Kier molecular flexibility index (Phi) is 7.04. The highest BCUT2D eigenvalue weighted by Gasteiger charge is 2.15. The molecule has 3 aromatic rings. The van der Waals surface area contributed by atoms with Gasteiger partial charge >= 0.3 is 5.97 Å². The van der Waals surface area contributed by atoms with Crippen molar-refractivity contribution in [3.8, 4) is 0 Å². The molecule has 2 aromatic carbocycles. The minimum atomic E-state index is -1.14. The molecule has 0 radical (unpaired) electrons. The Hall–Kier alpha value is -3.65. The normalized spacial score (nSPS) is 12.3. The fourth-order valence-corrected chi connectivity index (χ4v) is 3.56. The number of rotatable bonds is 7. The molecule has 1 heterocycles. The zero-order valence-corrected chi connectivity index (χ0v) is 17.8. The van der Waals surface area contributed by atoms with Crippen molar-refractivity contribution in [1.29, 1.82) is 0 Å². The van der Waals surface area contributed by atoms with Crippen molar-refractivity contribution in [2.24, 2.45) is 0 Å². The van der Waals surface area contributed by atoms with Gasteiger partial charge in [-0.05, 0) is 50.2 Å². The molecule has 7 nitrogen and oxygen atoms in total. The summed E-state index contributed by atoms with van der Waals surface area (Å²) in [6.07, 6.45) is 2.66. The molecule has 3 rings (SSSR count). The summed E-state index contributed by atoms with van der Waals surface area (Å²) in [7, 11) is 0. The number of nitrogens with one attached hydrogen (secondary N) is 2. The van der Waals surface area contributed by atoms with Crippen LogP contribution in [-0.2, 0) is 14.4 Å². The number of thioether (sulfide) groups is 1. The molecule has 1 aromatic heterocycles. The lowest BCUT2D eigenvalue weighted by Crippen LogP contribution is -2.22. The largest absolute Gasteiger partial charge is 0.478 e. The average Bonchev–Trinajstić information content (AvgIpc) is 2.74. The van der Waals surface area contributed by atoms with Crippen LogP contribution in [0.5, 0.6) is 0 Å². The summed E-state index contributed by atoms with van der Waals surface area (Å²) in [5, 5.41) is 14.9. The van der Waals surface area contributed by atoms with Gasteiger partial charge in [-0.25, -0.2) is 4.79 Å². The molecule has 0 saturated heterocycles. The van der Waals surface area contributed by atoms with Gasteiger partial charge in [-0.2, -0.15) is 0 Å². The number of aromatic nitrogens is 1. The number of amides is 2. The molecule has 0 aliphatic heterocycles. The van der Waals surface area contributed by atoms with Gasteiger partial charge in [-0.3, -0.25) is 14.6 Å². The Morgan fingerprint density at radius 3 is 2.45 bits per heavy atom. The van der Waals surface area contributed by atoms with Gasteiger partial charge < -0.3 is 15.7 Å². The Morgan fingerprint density at radius 1 is 1.03 bits per heavy atom. The van der Waals surface area contributed by atoms with Gasteiger partial charge in [-0.1, -0.05) is 18.2 Å². The summed E-state index contributed by atoms with van der Waals surface area (Å²) < 4.78 is 0. The Morgan fingerprint density at radius 2 is 1.74 bits per heavy atom. The number of fused-ring (bicyclic) bond motifs is 1. The van der Waals surface area contributed by atoms with Crippen LogP contribution in [0.15, 0.2) is 77.3 Å². The first-order chi connectivity index (χ1) is 14.8. The summed E-state index contributed by atoms with van der Waals surface area (Å²) in [5.41, 5.74) is 1.98. The van der Waals surface area contributed by atoms with E-state index in [1.165, 1.54) is 18.7 Å². The van der Waals surface area contributed by atoms with E-state index in [2.05, 4.69) is 15.6 Å². The van der Waals surface area contributed by atoms with Crippen molar-refractivity contribution in [2.75, 3.05) is 10.6 Å². The second-order valence-electron chi connectivity index (χ2n) is 6.81. The van der Waals surface area contributed by atoms with Gasteiger partial charge in [0.05, 0.1) is 22.7 Å². The van der Waals surface area contributed by atoms with Crippen molar-refractivity contribution in [3.05, 3.63) is 72.4 Å². The topological polar surface area (TPSA) is 108 Å². The predicted octanol–water partition coefficient (Wildman–Crippen LogP) is 4.32. The molecule has 2 amide bonds. The number of para-hydroxylation sites is 1. The van der Waals surface area contributed by atoms with E-state index < -0.39 is 11.9 Å². The van der Waals surface area contributed by atoms with E-state index in [0.29, 0.717) is 11.4 Å². The fourth-order valence-electron chi connectivity index (χ4n) is 2.69. The lowest BCUT2D eigenvalue weighted by atomic mass is 10.2. The van der Waals surface area contributed by atoms with Crippen LogP contribution in [-0.4, -0.2) is 33.1 Å². The zero-order valence-electron chi connectivity index (χ0n) is 17.0. The summed E-state index contributed by atoms with van der Waals surface area (Å²) in [6.45, 7) is 3.16. The van der Waals surface area contributed by atoms with Gasteiger partial charge in [0, 0.05) is 27.6 Å². The molecular weight excluding hydrogens is 414 g/mol. The van der Waals surface area contributed by atoms with Gasteiger partial charge in [0.2, 0.25) is 11.8 Å². The van der Waals surface area contributed by atoms with E-state index in [-0.39, 0.29) is 16.7 Å². The average molecular weight is 436 g/mol. The molecule has 31 heavy (non-hydrogen) atoms. The van der Waals surface area contributed by atoms with Gasteiger partial charge in [0.25, 0.3) is 0 Å². The highest BCUT2D eigenvalue weighted by Crippen LogP contribution is 2.26. The van der Waals surface area contributed by atoms with Crippen molar-refractivity contribution < 1.29 is 19.5 Å². The van der Waals surface area contributed by atoms with Crippen LogP contribution in [0.2, 0.25) is 0 Å². The van der Waals surface area contributed by atoms with Crippen LogP contribution in [0.3, 0.4) is 0 Å². The maximum atomic E-state index is 12.6. The Labute approximate surface area is 183 Å². The second kappa shape index (κ2) is 9.90. The van der Waals surface area contributed by atoms with Crippen LogP contribution in [0.4, 0.5) is 11.4 Å². The first-order valence-electron chi connectivity index (χ1n) is 9.47. The first kappa shape index (κ1) is 22.0. The van der Waals surface area contributed by atoms with E-state index in [9.17, 15) is 14.4 Å². The number of carbonyl (C=O) groups excluding carboxylic acids is 2. The molecule has 1 unspecified atom stereocenters. The molecule has 0 spiro atoms.